The molecule has 3 N–H and O–H groups in total. The lowest BCUT2D eigenvalue weighted by atomic mass is 9.89. The molecule has 0 unspecified atom stereocenters. The SMILES string of the molecule is CC(C)n1c(=O)n(-c2ccc(CC(=O)Nc3cc(C(C)(C)C(F)(F)F)no3)cc2)c2c(N)ncnc21. The lowest BCUT2D eigenvalue weighted by Gasteiger charge is -2.24. The first-order valence-electron chi connectivity index (χ1n) is 11.0. The van der Waals surface area contributed by atoms with E-state index in [9.17, 15) is 22.8 Å². The first kappa shape index (κ1) is 24.9. The summed E-state index contributed by atoms with van der Waals surface area (Å²) in [7, 11) is 0. The van der Waals surface area contributed by atoms with Crippen molar-refractivity contribution in [3.8, 4) is 5.69 Å². The van der Waals surface area contributed by atoms with Crippen LogP contribution in [0.2, 0.25) is 0 Å². The van der Waals surface area contributed by atoms with Crippen LogP contribution in [0.3, 0.4) is 0 Å². The third kappa shape index (κ3) is 4.32. The van der Waals surface area contributed by atoms with Gasteiger partial charge in [0.15, 0.2) is 11.5 Å². The van der Waals surface area contributed by atoms with Crippen molar-refractivity contribution in [1.29, 1.82) is 0 Å². The maximum atomic E-state index is 13.2. The molecule has 13 heteroatoms. The van der Waals surface area contributed by atoms with Crippen LogP contribution in [0.15, 0.2) is 46.0 Å². The molecule has 1 aromatic carbocycles. The molecule has 0 aliphatic heterocycles. The highest BCUT2D eigenvalue weighted by atomic mass is 19.4. The highest BCUT2D eigenvalue weighted by Crippen LogP contribution is 2.40. The molecule has 4 rings (SSSR count). The third-order valence-corrected chi connectivity index (χ3v) is 5.88. The van der Waals surface area contributed by atoms with Crippen LogP contribution in [0, 0.1) is 0 Å². The fourth-order valence-corrected chi connectivity index (χ4v) is 3.68. The van der Waals surface area contributed by atoms with Crippen LogP contribution in [-0.4, -0.2) is 36.3 Å². The quantitative estimate of drug-likeness (QED) is 0.409. The number of hydrogen-bond donors (Lipinski definition) is 2. The van der Waals surface area contributed by atoms with E-state index in [0.29, 0.717) is 22.4 Å². The molecule has 0 aliphatic carbocycles. The molecule has 3 heterocycles. The minimum Gasteiger partial charge on any atom is -0.382 e. The van der Waals surface area contributed by atoms with Crippen molar-refractivity contribution in [2.75, 3.05) is 11.1 Å². The van der Waals surface area contributed by atoms with E-state index in [1.807, 2.05) is 13.8 Å². The van der Waals surface area contributed by atoms with E-state index in [1.165, 1.54) is 15.5 Å². The van der Waals surface area contributed by atoms with E-state index in [1.54, 1.807) is 24.3 Å². The summed E-state index contributed by atoms with van der Waals surface area (Å²) in [6, 6.07) is 7.49. The molecular weight excluding hydrogens is 479 g/mol. The number of fused-ring (bicyclic) bond motifs is 1. The van der Waals surface area contributed by atoms with E-state index in [0.717, 1.165) is 19.9 Å². The number of nitrogen functional groups attached to an aromatic ring is 1. The van der Waals surface area contributed by atoms with Crippen LogP contribution in [0.1, 0.15) is 45.0 Å². The van der Waals surface area contributed by atoms with Crippen molar-refractivity contribution in [3.05, 3.63) is 58.4 Å². The number of alkyl halides is 3. The molecule has 4 aromatic rings. The van der Waals surface area contributed by atoms with Crippen LogP contribution >= 0.6 is 0 Å². The molecule has 190 valence electrons. The maximum Gasteiger partial charge on any atom is 0.399 e. The number of hydrogen-bond acceptors (Lipinski definition) is 7. The second kappa shape index (κ2) is 8.81. The Morgan fingerprint density at radius 2 is 1.83 bits per heavy atom. The van der Waals surface area contributed by atoms with E-state index in [4.69, 9.17) is 10.3 Å². The molecule has 10 nitrogen and oxygen atoms in total. The molecule has 3 aromatic heterocycles. The number of aromatic nitrogens is 5. The van der Waals surface area contributed by atoms with Crippen LogP contribution in [-0.2, 0) is 16.6 Å². The summed E-state index contributed by atoms with van der Waals surface area (Å²) in [5, 5.41) is 5.86. The second-order valence-corrected chi connectivity index (χ2v) is 9.10. The zero-order valence-electron chi connectivity index (χ0n) is 19.9. The van der Waals surface area contributed by atoms with Crippen LogP contribution in [0.25, 0.3) is 16.9 Å². The van der Waals surface area contributed by atoms with Gasteiger partial charge in [-0.15, -0.1) is 0 Å². The molecule has 0 fully saturated rings. The van der Waals surface area contributed by atoms with Gasteiger partial charge in [0.05, 0.1) is 12.1 Å². The van der Waals surface area contributed by atoms with E-state index < -0.39 is 17.5 Å². The van der Waals surface area contributed by atoms with Gasteiger partial charge in [0.1, 0.15) is 23.0 Å². The zero-order valence-corrected chi connectivity index (χ0v) is 19.9. The van der Waals surface area contributed by atoms with E-state index in [-0.39, 0.29) is 35.5 Å². The molecule has 0 radical (unpaired) electrons. The molecule has 1 amide bonds. The summed E-state index contributed by atoms with van der Waals surface area (Å²) >= 11 is 0. The number of nitrogens with two attached hydrogens (primary N) is 1. The summed E-state index contributed by atoms with van der Waals surface area (Å²) in [5.74, 6) is -0.547. The van der Waals surface area contributed by atoms with E-state index in [2.05, 4.69) is 20.4 Å². The standard InChI is InChI=1S/C23H24F3N7O3/c1-12(2)32-20-18(19(27)28-11-29-20)33(21(32)35)14-7-5-13(6-8-14)9-16(34)30-17-10-15(31-36-17)22(3,4)23(24,25)26/h5-8,10-12H,9H2,1-4H3,(H,30,34)(H2,27,28,29). The van der Waals surface area contributed by atoms with Gasteiger partial charge in [-0.05, 0) is 45.4 Å². The number of halogens is 3. The number of carbonyl (C=O) groups is 1. The van der Waals surface area contributed by atoms with Gasteiger partial charge in [0.2, 0.25) is 11.8 Å². The molecule has 0 saturated heterocycles. The molecule has 0 bridgehead atoms. The lowest BCUT2D eigenvalue weighted by molar-refractivity contribution is -0.181. The Bertz CT molecular complexity index is 1480. The largest absolute Gasteiger partial charge is 0.399 e. The number of amides is 1. The van der Waals surface area contributed by atoms with Gasteiger partial charge in [0.25, 0.3) is 0 Å². The molecular formula is C23H24F3N7O3. The summed E-state index contributed by atoms with van der Waals surface area (Å²) in [6.45, 7) is 5.66. The summed E-state index contributed by atoms with van der Waals surface area (Å²) in [6.07, 6.45) is -3.33. The topological polar surface area (TPSA) is 134 Å². The predicted molar refractivity (Wildman–Crippen MR) is 126 cm³/mol. The third-order valence-electron chi connectivity index (χ3n) is 5.88. The lowest BCUT2D eigenvalue weighted by Crippen LogP contribution is -2.36. The number of imidazole rings is 1. The number of nitrogens with zero attached hydrogens (tertiary/aromatic N) is 5. The Morgan fingerprint density at radius 1 is 1.17 bits per heavy atom. The van der Waals surface area contributed by atoms with E-state index >= 15 is 0 Å². The van der Waals surface area contributed by atoms with Crippen LogP contribution < -0.4 is 16.7 Å². The Labute approximate surface area is 202 Å². The monoisotopic (exact) mass is 503 g/mol. The molecule has 0 atom stereocenters. The maximum absolute atomic E-state index is 13.2. The summed E-state index contributed by atoms with van der Waals surface area (Å²) < 4.78 is 47.4. The molecule has 0 saturated carbocycles. The Morgan fingerprint density at radius 3 is 2.44 bits per heavy atom. The first-order valence-corrected chi connectivity index (χ1v) is 11.0. The fraction of sp³-hybridized carbons (Fsp3) is 0.348. The minimum atomic E-state index is -4.53. The molecule has 0 aliphatic rings. The van der Waals surface area contributed by atoms with Gasteiger partial charge >= 0.3 is 11.9 Å². The van der Waals surface area contributed by atoms with Crippen molar-refractivity contribution in [2.24, 2.45) is 0 Å². The van der Waals surface area contributed by atoms with Crippen LogP contribution in [0.4, 0.5) is 24.9 Å². The van der Waals surface area contributed by atoms with Crippen molar-refractivity contribution in [3.63, 3.8) is 0 Å². The van der Waals surface area contributed by atoms with Gasteiger partial charge in [-0.1, -0.05) is 17.3 Å². The van der Waals surface area contributed by atoms with Crippen molar-refractivity contribution in [2.45, 2.75) is 51.7 Å². The Hall–Kier alpha value is -4.16. The first-order chi connectivity index (χ1) is 16.8. The van der Waals surface area contributed by atoms with Gasteiger partial charge in [-0.3, -0.25) is 19.2 Å². The second-order valence-electron chi connectivity index (χ2n) is 9.10. The minimum absolute atomic E-state index is 0.0904. The zero-order chi connectivity index (χ0) is 26.4. The normalized spacial score (nSPS) is 12.4. The summed E-state index contributed by atoms with van der Waals surface area (Å²) in [4.78, 5) is 33.8. The van der Waals surface area contributed by atoms with Gasteiger partial charge in [-0.25, -0.2) is 14.8 Å². The highest BCUT2D eigenvalue weighted by Gasteiger charge is 2.50. The Kier molecular flexibility index (Phi) is 6.10. The number of benzene rings is 1. The fourth-order valence-electron chi connectivity index (χ4n) is 3.68. The number of nitrogens with one attached hydrogen (secondary N) is 1. The van der Waals surface area contributed by atoms with Crippen molar-refractivity contribution >= 4 is 28.8 Å². The molecule has 0 spiro atoms. The Balaban J connectivity index is 1.54. The van der Waals surface area contributed by atoms with Gasteiger partial charge < -0.3 is 10.3 Å². The number of rotatable bonds is 6. The smallest absolute Gasteiger partial charge is 0.382 e. The van der Waals surface area contributed by atoms with Gasteiger partial charge in [-0.2, -0.15) is 13.2 Å². The predicted octanol–water partition coefficient (Wildman–Crippen LogP) is 3.75. The summed E-state index contributed by atoms with van der Waals surface area (Å²) in [5.41, 5.74) is 5.02. The van der Waals surface area contributed by atoms with Crippen molar-refractivity contribution in [1.82, 2.24) is 24.3 Å². The van der Waals surface area contributed by atoms with Crippen molar-refractivity contribution < 1.29 is 22.5 Å². The average molecular weight is 503 g/mol. The van der Waals surface area contributed by atoms with Crippen LogP contribution in [0.5, 0.6) is 0 Å². The van der Waals surface area contributed by atoms with Gasteiger partial charge in [0, 0.05) is 12.1 Å². The average Bonchev–Trinajstić information content (AvgIpc) is 3.36. The molecule has 36 heavy (non-hydrogen) atoms. The highest BCUT2D eigenvalue weighted by molar-refractivity contribution is 5.91. The number of anilines is 2. The number of carbonyl (C=O) groups excluding carboxylic acids is 1.